The van der Waals surface area contributed by atoms with Crippen LogP contribution in [0.1, 0.15) is 11.1 Å². The molecule has 0 spiro atoms. The number of benzene rings is 3. The molecule has 0 amide bonds. The van der Waals surface area contributed by atoms with Crippen molar-refractivity contribution in [2.75, 3.05) is 14.2 Å². The molecule has 0 aliphatic heterocycles. The monoisotopic (exact) mass is 453 g/mol. The van der Waals surface area contributed by atoms with E-state index in [1.165, 1.54) is 32.6 Å². The van der Waals surface area contributed by atoms with E-state index in [9.17, 15) is 18.0 Å². The van der Waals surface area contributed by atoms with E-state index in [1.807, 2.05) is 0 Å². The molecular formula is C24H18F3N3O3. The highest BCUT2D eigenvalue weighted by Crippen LogP contribution is 2.32. The summed E-state index contributed by atoms with van der Waals surface area (Å²) in [7, 11) is 2.95. The smallest absolute Gasteiger partial charge is 0.416 e. The predicted molar refractivity (Wildman–Crippen MR) is 119 cm³/mol. The summed E-state index contributed by atoms with van der Waals surface area (Å²) in [4.78, 5) is 17.7. The van der Waals surface area contributed by atoms with Gasteiger partial charge in [0.25, 0.3) is 5.56 Å². The van der Waals surface area contributed by atoms with Crippen molar-refractivity contribution < 1.29 is 22.6 Å². The first-order valence-electron chi connectivity index (χ1n) is 9.78. The lowest BCUT2D eigenvalue weighted by Crippen LogP contribution is -2.20. The van der Waals surface area contributed by atoms with Crippen LogP contribution in [0, 0.1) is 0 Å². The summed E-state index contributed by atoms with van der Waals surface area (Å²) in [5.41, 5.74) is -0.423. The largest absolute Gasteiger partial charge is 0.493 e. The number of para-hydroxylation sites is 2. The van der Waals surface area contributed by atoms with E-state index in [-0.39, 0.29) is 16.8 Å². The first-order valence-corrected chi connectivity index (χ1v) is 9.78. The molecule has 3 aromatic carbocycles. The normalized spacial score (nSPS) is 11.8. The van der Waals surface area contributed by atoms with E-state index in [2.05, 4.69) is 10.1 Å². The SMILES string of the molecule is COc1cccc(C=Nn2c(-c3cccc(C(F)(F)F)c3)nc3ccccc3c2=O)c1OC. The summed E-state index contributed by atoms with van der Waals surface area (Å²) < 4.78 is 51.5. The molecule has 4 aromatic rings. The Balaban J connectivity index is 1.95. The van der Waals surface area contributed by atoms with Gasteiger partial charge in [0, 0.05) is 11.1 Å². The number of hydrogen-bond donors (Lipinski definition) is 0. The van der Waals surface area contributed by atoms with Crippen molar-refractivity contribution in [1.82, 2.24) is 9.66 Å². The number of methoxy groups -OCH3 is 2. The molecule has 4 rings (SSSR count). The Morgan fingerprint density at radius 3 is 2.45 bits per heavy atom. The lowest BCUT2D eigenvalue weighted by atomic mass is 10.1. The molecule has 0 saturated carbocycles. The van der Waals surface area contributed by atoms with Crippen molar-refractivity contribution in [2.24, 2.45) is 5.10 Å². The van der Waals surface area contributed by atoms with E-state index >= 15 is 0 Å². The van der Waals surface area contributed by atoms with Crippen LogP contribution in [-0.4, -0.2) is 30.1 Å². The molecule has 0 bridgehead atoms. The number of aromatic nitrogens is 2. The third kappa shape index (κ3) is 4.30. The van der Waals surface area contributed by atoms with Crippen LogP contribution in [0.15, 0.2) is 76.6 Å². The molecule has 0 fully saturated rings. The molecule has 9 heteroatoms. The fraction of sp³-hybridized carbons (Fsp3) is 0.125. The van der Waals surface area contributed by atoms with Crippen molar-refractivity contribution in [3.05, 3.63) is 88.2 Å². The van der Waals surface area contributed by atoms with Gasteiger partial charge in [-0.25, -0.2) is 4.98 Å². The molecular weight excluding hydrogens is 435 g/mol. The van der Waals surface area contributed by atoms with Crippen LogP contribution in [0.25, 0.3) is 22.3 Å². The number of nitrogens with zero attached hydrogens (tertiary/aromatic N) is 3. The van der Waals surface area contributed by atoms with Crippen LogP contribution in [-0.2, 0) is 6.18 Å². The standard InChI is InChI=1S/C24H18F3N3O3/c1-32-20-12-6-8-16(21(20)33-2)14-28-30-22(15-7-5-9-17(13-15)24(25,26)27)29-19-11-4-3-10-18(19)23(30)31/h3-14H,1-2H3. The lowest BCUT2D eigenvalue weighted by molar-refractivity contribution is -0.137. The average Bonchev–Trinajstić information content (AvgIpc) is 2.82. The van der Waals surface area contributed by atoms with Gasteiger partial charge in [0.15, 0.2) is 17.3 Å². The van der Waals surface area contributed by atoms with Crippen molar-refractivity contribution in [2.45, 2.75) is 6.18 Å². The Hall–Kier alpha value is -4.14. The molecule has 0 radical (unpaired) electrons. The van der Waals surface area contributed by atoms with Gasteiger partial charge < -0.3 is 9.47 Å². The molecule has 33 heavy (non-hydrogen) atoms. The second-order valence-electron chi connectivity index (χ2n) is 6.98. The Morgan fingerprint density at radius 2 is 1.73 bits per heavy atom. The van der Waals surface area contributed by atoms with E-state index < -0.39 is 17.3 Å². The van der Waals surface area contributed by atoms with Crippen molar-refractivity contribution in [1.29, 1.82) is 0 Å². The molecule has 0 aliphatic carbocycles. The Bertz CT molecular complexity index is 1410. The summed E-state index contributed by atoms with van der Waals surface area (Å²) in [6.45, 7) is 0. The summed E-state index contributed by atoms with van der Waals surface area (Å²) in [6, 6.07) is 16.3. The first kappa shape index (κ1) is 22.1. The molecule has 1 aromatic heterocycles. The highest BCUT2D eigenvalue weighted by molar-refractivity contribution is 5.86. The summed E-state index contributed by atoms with van der Waals surface area (Å²) in [6.07, 6.45) is -3.18. The zero-order valence-electron chi connectivity index (χ0n) is 17.6. The van der Waals surface area contributed by atoms with Gasteiger partial charge in [0.05, 0.1) is 36.9 Å². The van der Waals surface area contributed by atoms with Crippen LogP contribution in [0.4, 0.5) is 13.2 Å². The van der Waals surface area contributed by atoms with Crippen LogP contribution >= 0.6 is 0 Å². The van der Waals surface area contributed by atoms with Crippen molar-refractivity contribution in [3.8, 4) is 22.9 Å². The fourth-order valence-electron chi connectivity index (χ4n) is 3.39. The third-order valence-corrected chi connectivity index (χ3v) is 4.95. The number of ether oxygens (including phenoxy) is 2. The van der Waals surface area contributed by atoms with Crippen molar-refractivity contribution in [3.63, 3.8) is 0 Å². The van der Waals surface area contributed by atoms with Gasteiger partial charge in [0.2, 0.25) is 0 Å². The molecule has 1 heterocycles. The summed E-state index contributed by atoms with van der Waals surface area (Å²) in [5, 5.41) is 4.56. The van der Waals surface area contributed by atoms with Crippen LogP contribution in [0.5, 0.6) is 11.5 Å². The molecule has 6 nitrogen and oxygen atoms in total. The van der Waals surface area contributed by atoms with Gasteiger partial charge in [-0.15, -0.1) is 0 Å². The fourth-order valence-corrected chi connectivity index (χ4v) is 3.39. The Labute approximate surface area is 186 Å². The minimum absolute atomic E-state index is 0.0251. The topological polar surface area (TPSA) is 65.7 Å². The predicted octanol–water partition coefficient (Wildman–Crippen LogP) is 4.98. The summed E-state index contributed by atoms with van der Waals surface area (Å²) in [5.74, 6) is 0.831. The van der Waals surface area contributed by atoms with Crippen LogP contribution in [0.2, 0.25) is 0 Å². The number of hydrogen-bond acceptors (Lipinski definition) is 5. The van der Waals surface area contributed by atoms with Gasteiger partial charge >= 0.3 is 6.18 Å². The number of fused-ring (bicyclic) bond motifs is 1. The second-order valence-corrected chi connectivity index (χ2v) is 6.98. The van der Waals surface area contributed by atoms with Gasteiger partial charge in [-0.2, -0.15) is 22.9 Å². The van der Waals surface area contributed by atoms with E-state index in [1.54, 1.807) is 42.5 Å². The third-order valence-electron chi connectivity index (χ3n) is 4.95. The maximum atomic E-state index is 13.3. The maximum absolute atomic E-state index is 13.3. The highest BCUT2D eigenvalue weighted by Gasteiger charge is 2.31. The second kappa shape index (κ2) is 8.78. The Morgan fingerprint density at radius 1 is 0.970 bits per heavy atom. The Kier molecular flexibility index (Phi) is 5.87. The van der Waals surface area contributed by atoms with Gasteiger partial charge in [0.1, 0.15) is 0 Å². The first-order chi connectivity index (χ1) is 15.8. The molecule has 0 N–H and O–H groups in total. The van der Waals surface area contributed by atoms with Crippen LogP contribution < -0.4 is 15.0 Å². The van der Waals surface area contributed by atoms with E-state index in [0.717, 1.165) is 16.8 Å². The van der Waals surface area contributed by atoms with Gasteiger partial charge in [-0.3, -0.25) is 4.79 Å². The molecule has 0 saturated heterocycles. The minimum Gasteiger partial charge on any atom is -0.493 e. The number of rotatable bonds is 5. The molecule has 0 unspecified atom stereocenters. The van der Waals surface area contributed by atoms with E-state index in [0.29, 0.717) is 22.6 Å². The molecule has 168 valence electrons. The lowest BCUT2D eigenvalue weighted by Gasteiger charge is -2.12. The minimum atomic E-state index is -4.55. The summed E-state index contributed by atoms with van der Waals surface area (Å²) >= 11 is 0. The van der Waals surface area contributed by atoms with Crippen molar-refractivity contribution >= 4 is 17.1 Å². The van der Waals surface area contributed by atoms with Gasteiger partial charge in [-0.1, -0.05) is 30.3 Å². The molecule has 0 atom stereocenters. The number of alkyl halides is 3. The van der Waals surface area contributed by atoms with Crippen LogP contribution in [0.3, 0.4) is 0 Å². The quantitative estimate of drug-likeness (QED) is 0.400. The van der Waals surface area contributed by atoms with Gasteiger partial charge in [-0.05, 0) is 36.4 Å². The zero-order valence-corrected chi connectivity index (χ0v) is 17.6. The average molecular weight is 453 g/mol. The maximum Gasteiger partial charge on any atom is 0.416 e. The highest BCUT2D eigenvalue weighted by atomic mass is 19.4. The molecule has 0 aliphatic rings. The van der Waals surface area contributed by atoms with E-state index in [4.69, 9.17) is 9.47 Å². The number of halogens is 3. The zero-order chi connectivity index (χ0) is 23.6.